The molecule has 4 heteroatoms. The van der Waals surface area contributed by atoms with Gasteiger partial charge in [-0.1, -0.05) is 39.0 Å². The number of fused-ring (bicyclic) bond motifs is 1. The predicted octanol–water partition coefficient (Wildman–Crippen LogP) is 5.19. The first-order valence-corrected chi connectivity index (χ1v) is 9.33. The molecule has 0 aliphatic rings. The molecule has 2 N–H and O–H groups in total. The van der Waals surface area contributed by atoms with E-state index in [0.717, 1.165) is 22.2 Å². The second-order valence-electron chi connectivity index (χ2n) is 8.18. The Labute approximate surface area is 160 Å². The number of halogens is 1. The minimum Gasteiger partial charge on any atom is -0.356 e. The van der Waals surface area contributed by atoms with E-state index < -0.39 is 0 Å². The molecule has 3 rings (SSSR count). The molecule has 0 spiro atoms. The molecule has 3 nitrogen and oxygen atoms in total. The van der Waals surface area contributed by atoms with Crippen molar-refractivity contribution in [1.82, 2.24) is 10.3 Å². The number of amides is 1. The molecule has 0 unspecified atom stereocenters. The van der Waals surface area contributed by atoms with Crippen molar-refractivity contribution in [1.29, 1.82) is 0 Å². The Balaban J connectivity index is 1.70. The quantitative estimate of drug-likeness (QED) is 0.655. The summed E-state index contributed by atoms with van der Waals surface area (Å²) in [4.78, 5) is 15.6. The van der Waals surface area contributed by atoms with Crippen LogP contribution in [0.2, 0.25) is 0 Å². The highest BCUT2D eigenvalue weighted by Gasteiger charge is 2.16. The highest BCUT2D eigenvalue weighted by atomic mass is 19.1. The maximum absolute atomic E-state index is 14.0. The molecule has 1 amide bonds. The molecule has 142 valence electrons. The topological polar surface area (TPSA) is 44.9 Å². The fourth-order valence-corrected chi connectivity index (χ4v) is 3.48. The summed E-state index contributed by atoms with van der Waals surface area (Å²) < 4.78 is 14.0. The third-order valence-electron chi connectivity index (χ3n) is 5.10. The Morgan fingerprint density at radius 2 is 1.74 bits per heavy atom. The lowest BCUT2D eigenvalue weighted by Gasteiger charge is -2.19. The predicted molar refractivity (Wildman–Crippen MR) is 109 cm³/mol. The molecule has 0 aliphatic carbocycles. The van der Waals surface area contributed by atoms with Crippen molar-refractivity contribution in [3.8, 4) is 0 Å². The van der Waals surface area contributed by atoms with Gasteiger partial charge < -0.3 is 10.3 Å². The monoisotopic (exact) mass is 366 g/mol. The molecule has 0 saturated carbocycles. The summed E-state index contributed by atoms with van der Waals surface area (Å²) in [6, 6.07) is 11.0. The van der Waals surface area contributed by atoms with Crippen LogP contribution in [0.25, 0.3) is 10.9 Å². The second kappa shape index (κ2) is 7.18. The number of aryl methyl sites for hydroxylation is 2. The Hall–Kier alpha value is -2.62. The van der Waals surface area contributed by atoms with Crippen molar-refractivity contribution in [3.63, 3.8) is 0 Å². The number of hydrogen-bond donors (Lipinski definition) is 2. The minimum atomic E-state index is -0.243. The average molecular weight is 366 g/mol. The minimum absolute atomic E-state index is 0.0645. The number of H-pyrrole nitrogens is 1. The van der Waals surface area contributed by atoms with Gasteiger partial charge in [-0.05, 0) is 60.6 Å². The molecule has 2 aromatic carbocycles. The molecule has 1 aromatic heterocycles. The number of carbonyl (C=O) groups is 1. The van der Waals surface area contributed by atoms with E-state index in [0.29, 0.717) is 24.0 Å². The second-order valence-corrected chi connectivity index (χ2v) is 8.18. The summed E-state index contributed by atoms with van der Waals surface area (Å²) in [5.41, 5.74) is 5.51. The smallest absolute Gasteiger partial charge is 0.251 e. The van der Waals surface area contributed by atoms with Crippen LogP contribution in [0, 0.1) is 19.7 Å². The number of rotatable bonds is 4. The van der Waals surface area contributed by atoms with Gasteiger partial charge in [-0.2, -0.15) is 0 Å². The van der Waals surface area contributed by atoms with E-state index >= 15 is 0 Å². The van der Waals surface area contributed by atoms with Gasteiger partial charge in [-0.3, -0.25) is 4.79 Å². The van der Waals surface area contributed by atoms with Crippen LogP contribution in [0.5, 0.6) is 0 Å². The van der Waals surface area contributed by atoms with E-state index in [9.17, 15) is 9.18 Å². The van der Waals surface area contributed by atoms with Gasteiger partial charge in [0.1, 0.15) is 5.82 Å². The summed E-state index contributed by atoms with van der Waals surface area (Å²) in [5.74, 6) is -0.330. The van der Waals surface area contributed by atoms with Gasteiger partial charge in [0.05, 0.1) is 5.52 Å². The number of carbonyl (C=O) groups excluding carboxylic acids is 1. The molecule has 0 radical (unpaired) electrons. The van der Waals surface area contributed by atoms with Crippen molar-refractivity contribution in [2.75, 3.05) is 6.54 Å². The summed E-state index contributed by atoms with van der Waals surface area (Å²) in [5, 5.41) is 3.90. The van der Waals surface area contributed by atoms with E-state index in [1.165, 1.54) is 11.6 Å². The molecule has 1 heterocycles. The van der Waals surface area contributed by atoms with E-state index in [1.807, 2.05) is 38.1 Å². The van der Waals surface area contributed by atoms with Crippen LogP contribution in [0.4, 0.5) is 4.39 Å². The highest BCUT2D eigenvalue weighted by molar-refractivity contribution is 5.94. The Kier molecular flexibility index (Phi) is 5.09. The molecule has 0 aliphatic heterocycles. The molecular weight excluding hydrogens is 339 g/mol. The van der Waals surface area contributed by atoms with Gasteiger partial charge in [-0.15, -0.1) is 0 Å². The first-order valence-electron chi connectivity index (χ1n) is 9.33. The molecule has 0 fully saturated rings. The first-order chi connectivity index (χ1) is 12.7. The number of aromatic nitrogens is 1. The third-order valence-corrected chi connectivity index (χ3v) is 5.10. The first kappa shape index (κ1) is 19.2. The Bertz CT molecular complexity index is 978. The highest BCUT2D eigenvalue weighted by Crippen LogP contribution is 2.28. The van der Waals surface area contributed by atoms with Crippen molar-refractivity contribution in [2.45, 2.75) is 46.5 Å². The molecule has 0 saturated heterocycles. The van der Waals surface area contributed by atoms with Crippen LogP contribution in [0.3, 0.4) is 0 Å². The van der Waals surface area contributed by atoms with Crippen LogP contribution >= 0.6 is 0 Å². The summed E-state index contributed by atoms with van der Waals surface area (Å²) >= 11 is 0. The largest absolute Gasteiger partial charge is 0.356 e. The van der Waals surface area contributed by atoms with Gasteiger partial charge in [-0.25, -0.2) is 4.39 Å². The van der Waals surface area contributed by atoms with Crippen LogP contribution in [0.15, 0.2) is 36.4 Å². The maximum Gasteiger partial charge on any atom is 0.251 e. The van der Waals surface area contributed by atoms with Crippen LogP contribution < -0.4 is 5.32 Å². The fraction of sp³-hybridized carbons (Fsp3) is 0.348. The lowest BCUT2D eigenvalue weighted by atomic mass is 9.87. The van der Waals surface area contributed by atoms with Gasteiger partial charge in [0.2, 0.25) is 0 Å². The zero-order valence-electron chi connectivity index (χ0n) is 16.7. The lowest BCUT2D eigenvalue weighted by molar-refractivity contribution is 0.0954. The molecule has 0 bridgehead atoms. The van der Waals surface area contributed by atoms with E-state index in [1.54, 1.807) is 6.07 Å². The van der Waals surface area contributed by atoms with Gasteiger partial charge in [0.25, 0.3) is 5.91 Å². The zero-order valence-corrected chi connectivity index (χ0v) is 16.7. The number of aromatic amines is 1. The van der Waals surface area contributed by atoms with Gasteiger partial charge in [0.15, 0.2) is 0 Å². The molecule has 0 atom stereocenters. The van der Waals surface area contributed by atoms with Crippen LogP contribution in [-0.4, -0.2) is 17.4 Å². The number of hydrogen-bond acceptors (Lipinski definition) is 1. The van der Waals surface area contributed by atoms with Crippen molar-refractivity contribution in [3.05, 3.63) is 70.2 Å². The van der Waals surface area contributed by atoms with Crippen LogP contribution in [0.1, 0.15) is 53.5 Å². The SMILES string of the molecule is Cc1[nH]c2c(F)ccc(C)c2c1CCNC(=O)c1ccc(C(C)(C)C)cc1. The molecule has 3 aromatic rings. The van der Waals surface area contributed by atoms with Crippen molar-refractivity contribution >= 4 is 16.8 Å². The zero-order chi connectivity index (χ0) is 19.8. The molecule has 27 heavy (non-hydrogen) atoms. The van der Waals surface area contributed by atoms with Gasteiger partial charge in [0, 0.05) is 23.2 Å². The maximum atomic E-state index is 14.0. The normalized spacial score (nSPS) is 11.8. The Morgan fingerprint density at radius 1 is 1.07 bits per heavy atom. The standard InChI is InChI=1S/C23H27FN2O/c1-14-6-11-19(24)21-20(14)18(15(2)26-21)12-13-25-22(27)16-7-9-17(10-8-16)23(3,4)5/h6-11,26H,12-13H2,1-5H3,(H,25,27). The Morgan fingerprint density at radius 3 is 2.37 bits per heavy atom. The summed E-state index contributed by atoms with van der Waals surface area (Å²) in [6.07, 6.45) is 0.655. The summed E-state index contributed by atoms with van der Waals surface area (Å²) in [6.45, 7) is 10.9. The fourth-order valence-electron chi connectivity index (χ4n) is 3.48. The van der Waals surface area contributed by atoms with Crippen LogP contribution in [-0.2, 0) is 11.8 Å². The lowest BCUT2D eigenvalue weighted by Crippen LogP contribution is -2.26. The third kappa shape index (κ3) is 3.90. The van der Waals surface area contributed by atoms with Gasteiger partial charge >= 0.3 is 0 Å². The van der Waals surface area contributed by atoms with E-state index in [-0.39, 0.29) is 17.1 Å². The number of benzene rings is 2. The van der Waals surface area contributed by atoms with Crippen molar-refractivity contribution in [2.24, 2.45) is 0 Å². The van der Waals surface area contributed by atoms with E-state index in [2.05, 4.69) is 31.1 Å². The number of nitrogens with one attached hydrogen (secondary N) is 2. The van der Waals surface area contributed by atoms with Crippen molar-refractivity contribution < 1.29 is 9.18 Å². The average Bonchev–Trinajstić information content (AvgIpc) is 2.95. The molecular formula is C23H27FN2O. The van der Waals surface area contributed by atoms with E-state index in [4.69, 9.17) is 0 Å². The summed E-state index contributed by atoms with van der Waals surface area (Å²) in [7, 11) is 0.